The van der Waals surface area contributed by atoms with Crippen LogP contribution in [0.3, 0.4) is 0 Å². The van der Waals surface area contributed by atoms with E-state index < -0.39 is 8.32 Å². The molecule has 134 valence electrons. The first-order chi connectivity index (χ1) is 10.7. The second kappa shape index (κ2) is 8.36. The highest BCUT2D eigenvalue weighted by molar-refractivity contribution is 6.77. The minimum Gasteiger partial charge on any atom is -0.545 e. The van der Waals surface area contributed by atoms with E-state index in [1.165, 1.54) is 19.1 Å². The lowest BCUT2D eigenvalue weighted by molar-refractivity contribution is -0.145. The van der Waals surface area contributed by atoms with Gasteiger partial charge in [0.05, 0.1) is 12.9 Å². The van der Waals surface area contributed by atoms with Gasteiger partial charge in [0.15, 0.2) is 0 Å². The van der Waals surface area contributed by atoms with Crippen LogP contribution >= 0.6 is 0 Å². The monoisotopic (exact) mass is 340 g/mol. The predicted molar refractivity (Wildman–Crippen MR) is 98.8 cm³/mol. The third kappa shape index (κ3) is 4.01. The van der Waals surface area contributed by atoms with Crippen molar-refractivity contribution in [1.29, 1.82) is 0 Å². The molecule has 0 radical (unpaired) electrons. The van der Waals surface area contributed by atoms with Crippen LogP contribution < -0.4 is 0 Å². The van der Waals surface area contributed by atoms with E-state index in [-0.39, 0.29) is 11.9 Å². The van der Waals surface area contributed by atoms with Crippen molar-refractivity contribution in [3.63, 3.8) is 0 Å². The molecule has 0 saturated carbocycles. The van der Waals surface area contributed by atoms with Gasteiger partial charge >= 0.3 is 5.97 Å². The fourth-order valence-corrected chi connectivity index (χ4v) is 9.56. The third-order valence-corrected chi connectivity index (χ3v) is 11.4. The molecule has 0 aromatic carbocycles. The van der Waals surface area contributed by atoms with E-state index in [0.29, 0.717) is 16.6 Å². The van der Waals surface area contributed by atoms with Crippen LogP contribution in [0.2, 0.25) is 16.6 Å². The zero-order chi connectivity index (χ0) is 17.8. The summed E-state index contributed by atoms with van der Waals surface area (Å²) in [6.07, 6.45) is 4.20. The smallest absolute Gasteiger partial charge is 0.316 e. The number of unbranched alkanes of at least 4 members (excludes halogenated alkanes) is 1. The molecular weight excluding hydrogens is 304 g/mol. The summed E-state index contributed by atoms with van der Waals surface area (Å²) >= 11 is 0. The van der Waals surface area contributed by atoms with Gasteiger partial charge in [0.2, 0.25) is 0 Å². The third-order valence-electron chi connectivity index (χ3n) is 5.43. The number of carbonyl (C=O) groups excluding carboxylic acids is 1. The van der Waals surface area contributed by atoms with Crippen molar-refractivity contribution in [3.8, 4) is 0 Å². The van der Waals surface area contributed by atoms with Crippen LogP contribution in [0.5, 0.6) is 0 Å². The van der Waals surface area contributed by atoms with Crippen molar-refractivity contribution in [3.05, 3.63) is 11.3 Å². The number of carbonyl (C=O) groups is 1. The van der Waals surface area contributed by atoms with Gasteiger partial charge in [0.25, 0.3) is 8.32 Å². The van der Waals surface area contributed by atoms with E-state index in [1.54, 1.807) is 0 Å². The predicted octanol–water partition coefficient (Wildman–Crippen LogP) is 5.82. The Bertz CT molecular complexity index is 416. The maximum Gasteiger partial charge on any atom is 0.316 e. The summed E-state index contributed by atoms with van der Waals surface area (Å²) in [5, 5.41) is 0. The summed E-state index contributed by atoms with van der Waals surface area (Å²) < 4.78 is 11.8. The molecule has 0 aromatic heterocycles. The lowest BCUT2D eigenvalue weighted by atomic mass is 9.81. The molecule has 0 fully saturated rings. The van der Waals surface area contributed by atoms with Gasteiger partial charge in [-0.05, 0) is 41.5 Å². The number of methoxy groups -OCH3 is 1. The molecule has 4 heteroatoms. The zero-order valence-electron chi connectivity index (χ0n) is 16.4. The van der Waals surface area contributed by atoms with E-state index in [0.717, 1.165) is 25.0 Å². The normalized spacial score (nSPS) is 18.7. The largest absolute Gasteiger partial charge is 0.545 e. The van der Waals surface area contributed by atoms with Crippen molar-refractivity contribution in [2.45, 2.75) is 90.8 Å². The van der Waals surface area contributed by atoms with Gasteiger partial charge in [-0.25, -0.2) is 0 Å². The summed E-state index contributed by atoms with van der Waals surface area (Å²) in [5.41, 5.74) is 2.89. The number of hydrogen-bond donors (Lipinski definition) is 0. The summed E-state index contributed by atoms with van der Waals surface area (Å²) in [6, 6.07) is 0. The summed E-state index contributed by atoms with van der Waals surface area (Å²) in [5.74, 6) is 0.655. The van der Waals surface area contributed by atoms with Gasteiger partial charge in [0, 0.05) is 0 Å². The molecule has 1 rings (SSSR count). The lowest BCUT2D eigenvalue weighted by Gasteiger charge is -2.46. The first-order valence-electron chi connectivity index (χ1n) is 9.20. The molecule has 0 bridgehead atoms. The second-order valence-corrected chi connectivity index (χ2v) is 13.1. The molecular formula is C19H36O3Si. The average Bonchev–Trinajstić information content (AvgIpc) is 2.45. The molecule has 3 nitrogen and oxygen atoms in total. The topological polar surface area (TPSA) is 35.5 Å². The summed E-state index contributed by atoms with van der Waals surface area (Å²) in [4.78, 5) is 12.1. The Kier molecular flexibility index (Phi) is 7.37. The molecule has 0 N–H and O–H groups in total. The first kappa shape index (κ1) is 20.3. The molecule has 0 amide bonds. The molecule has 0 saturated heterocycles. The van der Waals surface area contributed by atoms with Crippen LogP contribution in [-0.2, 0) is 14.0 Å². The zero-order valence-corrected chi connectivity index (χ0v) is 17.4. The maximum absolute atomic E-state index is 12.1. The van der Waals surface area contributed by atoms with Crippen molar-refractivity contribution in [2.75, 3.05) is 7.11 Å². The Hall–Kier alpha value is -0.773. The highest BCUT2D eigenvalue weighted by Crippen LogP contribution is 2.49. The highest BCUT2D eigenvalue weighted by atomic mass is 28.4. The molecule has 0 heterocycles. The Morgan fingerprint density at radius 2 is 1.65 bits per heavy atom. The van der Waals surface area contributed by atoms with E-state index >= 15 is 0 Å². The van der Waals surface area contributed by atoms with Crippen LogP contribution in [0.4, 0.5) is 0 Å². The second-order valence-electron chi connectivity index (χ2n) is 7.77. The number of rotatable bonds is 9. The van der Waals surface area contributed by atoms with Crippen molar-refractivity contribution in [1.82, 2.24) is 0 Å². The maximum atomic E-state index is 12.1. The van der Waals surface area contributed by atoms with Gasteiger partial charge in [-0.15, -0.1) is 0 Å². The molecule has 23 heavy (non-hydrogen) atoms. The first-order valence-corrected chi connectivity index (χ1v) is 11.3. The Labute approximate surface area is 144 Å². The van der Waals surface area contributed by atoms with Crippen LogP contribution in [0.15, 0.2) is 11.3 Å². The van der Waals surface area contributed by atoms with Gasteiger partial charge in [-0.2, -0.15) is 0 Å². The number of esters is 1. The van der Waals surface area contributed by atoms with Gasteiger partial charge in [-0.3, -0.25) is 4.79 Å². The molecule has 1 aliphatic rings. The lowest BCUT2D eigenvalue weighted by Crippen LogP contribution is -2.50. The van der Waals surface area contributed by atoms with E-state index in [1.807, 2.05) is 0 Å². The summed E-state index contributed by atoms with van der Waals surface area (Å²) in [6.45, 7) is 15.9. The minimum atomic E-state index is -2.01. The van der Waals surface area contributed by atoms with Gasteiger partial charge in [0.1, 0.15) is 5.92 Å². The Morgan fingerprint density at radius 3 is 2.04 bits per heavy atom. The van der Waals surface area contributed by atoms with E-state index in [4.69, 9.17) is 9.16 Å². The molecule has 0 aromatic rings. The summed E-state index contributed by atoms with van der Waals surface area (Å²) in [7, 11) is -0.533. The van der Waals surface area contributed by atoms with Crippen molar-refractivity contribution >= 4 is 14.3 Å². The van der Waals surface area contributed by atoms with E-state index in [2.05, 4.69) is 48.5 Å². The quantitative estimate of drug-likeness (QED) is 0.392. The minimum absolute atomic E-state index is 0.139. The molecule has 1 aliphatic carbocycles. The number of ether oxygens (including phenoxy) is 1. The van der Waals surface area contributed by atoms with Crippen LogP contribution in [0.25, 0.3) is 0 Å². The van der Waals surface area contributed by atoms with Crippen LogP contribution in [-0.4, -0.2) is 21.4 Å². The molecule has 1 atom stereocenters. The Morgan fingerprint density at radius 1 is 1.13 bits per heavy atom. The fourth-order valence-electron chi connectivity index (χ4n) is 4.19. The van der Waals surface area contributed by atoms with Crippen LogP contribution in [0.1, 0.15) is 74.1 Å². The molecule has 0 aliphatic heterocycles. The van der Waals surface area contributed by atoms with Crippen molar-refractivity contribution < 1.29 is 14.0 Å². The van der Waals surface area contributed by atoms with Gasteiger partial charge in [-0.1, -0.05) is 54.9 Å². The molecule has 0 spiro atoms. The Balaban J connectivity index is 3.16. The van der Waals surface area contributed by atoms with E-state index in [9.17, 15) is 4.79 Å². The van der Waals surface area contributed by atoms with Crippen LogP contribution in [0, 0.1) is 5.92 Å². The average molecular weight is 341 g/mol. The number of allylic oxidation sites excluding steroid dienone is 1. The standard InChI is InChI=1S/C19H36O3Si/c1-9-10-11-16-12-17(19(20)21-8)18(16)22-23(13(2)3,14(4)5)15(6)7/h13-15,17H,9-12H2,1-8H3. The molecule has 1 unspecified atom stereocenters. The fraction of sp³-hybridized carbons (Fsp3) is 0.842. The SMILES string of the molecule is CCCCC1=C(O[Si](C(C)C)(C(C)C)C(C)C)C(C(=O)OC)C1. The number of hydrogen-bond acceptors (Lipinski definition) is 3. The van der Waals surface area contributed by atoms with Crippen molar-refractivity contribution in [2.24, 2.45) is 5.92 Å². The highest BCUT2D eigenvalue weighted by Gasteiger charge is 2.50. The van der Waals surface area contributed by atoms with Gasteiger partial charge < -0.3 is 9.16 Å².